The normalized spacial score (nSPS) is 11.6. The molecule has 0 spiro atoms. The maximum absolute atomic E-state index is 14.4. The second kappa shape index (κ2) is 15.3. The lowest BCUT2D eigenvalue weighted by Crippen LogP contribution is -2.61. The molecular weight excluding hydrogens is 632 g/mol. The monoisotopic (exact) mass is 670 g/mol. The van der Waals surface area contributed by atoms with Crippen molar-refractivity contribution in [3.8, 4) is 5.75 Å². The predicted molar refractivity (Wildman–Crippen MR) is 176 cm³/mol. The lowest BCUT2D eigenvalue weighted by atomic mass is 10.0. The molecule has 13 heteroatoms. The van der Waals surface area contributed by atoms with Crippen molar-refractivity contribution in [3.05, 3.63) is 118 Å². The largest absolute Gasteiger partial charge is 0.496 e. The number of nitrogens with zero attached hydrogens (tertiary/aromatic N) is 3. The maximum atomic E-state index is 14.4. The molecule has 0 radical (unpaired) electrons. The topological polar surface area (TPSA) is 157 Å². The van der Waals surface area contributed by atoms with E-state index in [-0.39, 0.29) is 23.3 Å². The van der Waals surface area contributed by atoms with E-state index in [0.717, 1.165) is 22.3 Å². The van der Waals surface area contributed by atoms with Crippen LogP contribution in [0.15, 0.2) is 79.1 Å². The minimum absolute atomic E-state index is 0.00244. The molecule has 0 fully saturated rings. The third-order valence-electron chi connectivity index (χ3n) is 7.17. The first kappa shape index (κ1) is 35.9. The van der Waals surface area contributed by atoms with E-state index in [1.807, 2.05) is 19.9 Å². The molecule has 0 saturated carbocycles. The Bertz CT molecular complexity index is 1810. The number of hydrogen-bond acceptors (Lipinski definition) is 10. The van der Waals surface area contributed by atoms with Crippen LogP contribution in [-0.4, -0.2) is 69.0 Å². The minimum atomic E-state index is -2.29. The molecular formula is C36H38N4O9. The number of methoxy groups -OCH3 is 1. The van der Waals surface area contributed by atoms with Gasteiger partial charge in [0.25, 0.3) is 11.8 Å². The number of aromatic amines is 1. The lowest BCUT2D eigenvalue weighted by molar-refractivity contribution is -0.178. The average molecular weight is 671 g/mol. The van der Waals surface area contributed by atoms with Gasteiger partial charge in [-0.3, -0.25) is 14.7 Å². The van der Waals surface area contributed by atoms with E-state index in [4.69, 9.17) is 18.9 Å². The molecule has 49 heavy (non-hydrogen) atoms. The Kier molecular flexibility index (Phi) is 11.2. The third kappa shape index (κ3) is 8.69. The molecule has 4 rings (SSSR count). The van der Waals surface area contributed by atoms with Gasteiger partial charge in [-0.1, -0.05) is 53.6 Å². The highest BCUT2D eigenvalue weighted by molar-refractivity contribution is 6.07. The van der Waals surface area contributed by atoms with Crippen LogP contribution in [0.2, 0.25) is 0 Å². The first-order valence-electron chi connectivity index (χ1n) is 15.2. The van der Waals surface area contributed by atoms with Crippen LogP contribution in [0, 0.1) is 20.8 Å². The predicted octanol–water partition coefficient (Wildman–Crippen LogP) is 5.70. The number of H-pyrrole nitrogens is 1. The summed E-state index contributed by atoms with van der Waals surface area (Å²) >= 11 is 0. The van der Waals surface area contributed by atoms with Gasteiger partial charge in [0.05, 0.1) is 24.4 Å². The Morgan fingerprint density at radius 3 is 2.10 bits per heavy atom. The highest BCUT2D eigenvalue weighted by Crippen LogP contribution is 2.28. The summed E-state index contributed by atoms with van der Waals surface area (Å²) in [6.45, 7) is 9.82. The Balaban J connectivity index is 1.80. The smallest absolute Gasteiger partial charge is 0.440 e. The zero-order valence-corrected chi connectivity index (χ0v) is 28.3. The summed E-state index contributed by atoms with van der Waals surface area (Å²) < 4.78 is 21.5. The van der Waals surface area contributed by atoms with Crippen LogP contribution >= 0.6 is 0 Å². The van der Waals surface area contributed by atoms with Gasteiger partial charge in [0.2, 0.25) is 0 Å². The van der Waals surface area contributed by atoms with Gasteiger partial charge in [-0.25, -0.2) is 19.4 Å². The van der Waals surface area contributed by atoms with Crippen molar-refractivity contribution in [2.75, 3.05) is 7.11 Å². The van der Waals surface area contributed by atoms with Crippen LogP contribution in [0.25, 0.3) is 0 Å². The molecule has 0 bridgehead atoms. The SMILES string of the molecule is COc1cccc(C(=O)N(C(=O)OC(OC(=O)c2cn[nH]c2)C(=O)OCc2ccccc2)N(C(=O)c2cc(C)cc(C)c2)C(C)(C)C)c1C. The van der Waals surface area contributed by atoms with E-state index in [1.54, 1.807) is 82.3 Å². The van der Waals surface area contributed by atoms with Crippen molar-refractivity contribution in [3.63, 3.8) is 0 Å². The van der Waals surface area contributed by atoms with E-state index >= 15 is 0 Å². The molecule has 0 aliphatic carbocycles. The summed E-state index contributed by atoms with van der Waals surface area (Å²) in [4.78, 5) is 69.3. The molecule has 0 aliphatic rings. The zero-order chi connectivity index (χ0) is 35.9. The number of aromatic nitrogens is 2. The van der Waals surface area contributed by atoms with Gasteiger partial charge in [0.15, 0.2) is 0 Å². The number of esters is 2. The molecule has 3 aromatic carbocycles. The van der Waals surface area contributed by atoms with Gasteiger partial charge < -0.3 is 18.9 Å². The van der Waals surface area contributed by atoms with Gasteiger partial charge in [0.1, 0.15) is 12.4 Å². The fraction of sp³-hybridized carbons (Fsp3) is 0.278. The summed E-state index contributed by atoms with van der Waals surface area (Å²) in [5.41, 5.74) is 1.38. The lowest BCUT2D eigenvalue weighted by Gasteiger charge is -2.41. The molecule has 256 valence electrons. The number of hydrogen-bond donors (Lipinski definition) is 1. The average Bonchev–Trinajstić information content (AvgIpc) is 3.60. The fourth-order valence-electron chi connectivity index (χ4n) is 4.94. The molecule has 1 N–H and O–H groups in total. The van der Waals surface area contributed by atoms with Crippen LogP contribution < -0.4 is 4.74 Å². The van der Waals surface area contributed by atoms with Crippen LogP contribution in [0.5, 0.6) is 5.75 Å². The van der Waals surface area contributed by atoms with Crippen molar-refractivity contribution in [1.82, 2.24) is 20.2 Å². The van der Waals surface area contributed by atoms with E-state index in [2.05, 4.69) is 10.2 Å². The van der Waals surface area contributed by atoms with Gasteiger partial charge >= 0.3 is 24.3 Å². The standard InChI is InChI=1S/C36H38N4O9/c1-22-16-23(2)18-26(17-22)30(41)40(36(4,5)6)39(31(42)28-14-11-15-29(46-7)24(28)3)35(45)49-34(48-32(43)27-19-37-38-20-27)33(44)47-21-25-12-9-8-10-13-25/h8-20,34H,21H2,1-7H3,(H,37,38). The molecule has 1 aromatic heterocycles. The second-order valence-electron chi connectivity index (χ2n) is 12.1. The molecule has 1 atom stereocenters. The van der Waals surface area contributed by atoms with Gasteiger partial charge in [-0.15, -0.1) is 5.01 Å². The number of carbonyl (C=O) groups is 5. The molecule has 1 heterocycles. The second-order valence-corrected chi connectivity index (χ2v) is 12.1. The Morgan fingerprint density at radius 1 is 0.837 bits per heavy atom. The number of aryl methyl sites for hydroxylation is 2. The van der Waals surface area contributed by atoms with E-state index < -0.39 is 41.7 Å². The quantitative estimate of drug-likeness (QED) is 0.133. The van der Waals surface area contributed by atoms with Gasteiger partial charge in [-0.05, 0) is 71.4 Å². The first-order chi connectivity index (χ1) is 23.2. The van der Waals surface area contributed by atoms with E-state index in [9.17, 15) is 24.0 Å². The van der Waals surface area contributed by atoms with Crippen LogP contribution in [-0.2, 0) is 25.6 Å². The van der Waals surface area contributed by atoms with Crippen molar-refractivity contribution in [1.29, 1.82) is 0 Å². The highest BCUT2D eigenvalue weighted by atomic mass is 16.7. The van der Waals surface area contributed by atoms with Crippen molar-refractivity contribution < 1.29 is 42.9 Å². The number of carbonyl (C=O) groups excluding carboxylic acids is 5. The summed E-state index contributed by atoms with van der Waals surface area (Å²) in [5.74, 6) is -3.68. The number of rotatable bonds is 9. The van der Waals surface area contributed by atoms with Crippen molar-refractivity contribution in [2.24, 2.45) is 0 Å². The Morgan fingerprint density at radius 2 is 1.51 bits per heavy atom. The summed E-state index contributed by atoms with van der Waals surface area (Å²) in [5, 5.41) is 7.58. The summed E-state index contributed by atoms with van der Waals surface area (Å²) in [6, 6.07) is 18.4. The molecule has 4 aromatic rings. The van der Waals surface area contributed by atoms with Gasteiger partial charge in [-0.2, -0.15) is 5.10 Å². The first-order valence-corrected chi connectivity index (χ1v) is 15.2. The van der Waals surface area contributed by atoms with Crippen LogP contribution in [0.4, 0.5) is 4.79 Å². The van der Waals surface area contributed by atoms with Crippen LogP contribution in [0.1, 0.15) is 74.1 Å². The third-order valence-corrected chi connectivity index (χ3v) is 7.17. The summed E-state index contributed by atoms with van der Waals surface area (Å²) in [7, 11) is 1.42. The molecule has 0 saturated heterocycles. The Hall–Kier alpha value is -5.98. The fourth-order valence-corrected chi connectivity index (χ4v) is 4.94. The molecule has 0 aliphatic heterocycles. The van der Waals surface area contributed by atoms with E-state index in [1.165, 1.54) is 19.4 Å². The zero-order valence-electron chi connectivity index (χ0n) is 28.3. The maximum Gasteiger partial charge on any atom is 0.440 e. The molecule has 1 unspecified atom stereocenters. The number of benzene rings is 3. The molecule has 3 amide bonds. The van der Waals surface area contributed by atoms with Crippen molar-refractivity contribution >= 4 is 29.8 Å². The molecule has 13 nitrogen and oxygen atoms in total. The number of imide groups is 1. The Labute approximate surface area is 283 Å². The van der Waals surface area contributed by atoms with Crippen LogP contribution in [0.3, 0.4) is 0 Å². The van der Waals surface area contributed by atoms with E-state index in [0.29, 0.717) is 21.9 Å². The highest BCUT2D eigenvalue weighted by Gasteiger charge is 2.44. The number of hydrazine groups is 1. The number of amides is 3. The number of ether oxygens (including phenoxy) is 4. The van der Waals surface area contributed by atoms with Gasteiger partial charge in [0, 0.05) is 22.9 Å². The summed E-state index contributed by atoms with van der Waals surface area (Å²) in [6.07, 6.45) is -1.44. The number of nitrogens with one attached hydrogen (secondary N) is 1. The minimum Gasteiger partial charge on any atom is -0.496 e. The van der Waals surface area contributed by atoms with Crippen molar-refractivity contribution in [2.45, 2.75) is 60.0 Å².